The Bertz CT molecular complexity index is 975. The molecule has 0 aliphatic heterocycles. The van der Waals surface area contributed by atoms with Crippen LogP contribution in [-0.4, -0.2) is 32.7 Å². The molecule has 1 aromatic heterocycles. The molecule has 132 valence electrons. The number of nitrogens with zero attached hydrogens (tertiary/aromatic N) is 4. The van der Waals surface area contributed by atoms with Crippen LogP contribution in [0.15, 0.2) is 49.1 Å². The normalized spacial score (nSPS) is 10.4. The molecule has 0 spiro atoms. The third kappa shape index (κ3) is 3.47. The van der Waals surface area contributed by atoms with E-state index in [9.17, 15) is 14.9 Å². The van der Waals surface area contributed by atoms with Gasteiger partial charge in [0.1, 0.15) is 24.1 Å². The van der Waals surface area contributed by atoms with Crippen LogP contribution >= 0.6 is 11.6 Å². The molecule has 1 heterocycles. The molecule has 0 atom stereocenters. The number of nitrogens with one attached hydrogen (secondary N) is 1. The number of halogens is 1. The van der Waals surface area contributed by atoms with Crippen LogP contribution < -0.4 is 10.1 Å². The fourth-order valence-corrected chi connectivity index (χ4v) is 2.48. The van der Waals surface area contributed by atoms with E-state index >= 15 is 0 Å². The van der Waals surface area contributed by atoms with Crippen molar-refractivity contribution in [1.29, 1.82) is 0 Å². The largest absolute Gasteiger partial charge is 0.495 e. The molecule has 2 aromatic carbocycles. The number of benzene rings is 2. The maximum atomic E-state index is 12.5. The Balaban J connectivity index is 1.95. The Morgan fingerprint density at radius 1 is 1.31 bits per heavy atom. The molecule has 1 N–H and O–H groups in total. The fourth-order valence-electron chi connectivity index (χ4n) is 2.31. The molecular weight excluding hydrogens is 362 g/mol. The molecule has 0 fully saturated rings. The highest BCUT2D eigenvalue weighted by Gasteiger charge is 2.20. The lowest BCUT2D eigenvalue weighted by Crippen LogP contribution is -2.13. The highest BCUT2D eigenvalue weighted by molar-refractivity contribution is 6.31. The van der Waals surface area contributed by atoms with Crippen molar-refractivity contribution in [3.8, 4) is 11.4 Å². The number of ether oxygens (including phenoxy) is 1. The summed E-state index contributed by atoms with van der Waals surface area (Å²) in [4.78, 5) is 27.0. The summed E-state index contributed by atoms with van der Waals surface area (Å²) in [5, 5.41) is 18.3. The minimum Gasteiger partial charge on any atom is -0.495 e. The van der Waals surface area contributed by atoms with Crippen molar-refractivity contribution >= 4 is 28.9 Å². The first-order chi connectivity index (χ1) is 12.5. The summed E-state index contributed by atoms with van der Waals surface area (Å²) in [6.45, 7) is 0. The van der Waals surface area contributed by atoms with Gasteiger partial charge in [-0.1, -0.05) is 11.6 Å². The third-order valence-electron chi connectivity index (χ3n) is 3.51. The molecule has 3 rings (SSSR count). The number of nitro benzene ring substituents is 1. The molecule has 0 aliphatic carbocycles. The highest BCUT2D eigenvalue weighted by atomic mass is 35.5. The summed E-state index contributed by atoms with van der Waals surface area (Å²) in [5.41, 5.74) is 0.376. The molecule has 9 nitrogen and oxygen atoms in total. The topological polar surface area (TPSA) is 112 Å². The van der Waals surface area contributed by atoms with Gasteiger partial charge >= 0.3 is 0 Å². The maximum absolute atomic E-state index is 12.5. The van der Waals surface area contributed by atoms with Crippen molar-refractivity contribution < 1.29 is 14.5 Å². The second-order valence-corrected chi connectivity index (χ2v) is 5.54. The number of aromatic nitrogens is 3. The number of nitro groups is 1. The summed E-state index contributed by atoms with van der Waals surface area (Å²) in [5.74, 6) is -0.129. The van der Waals surface area contributed by atoms with Gasteiger partial charge < -0.3 is 10.1 Å². The van der Waals surface area contributed by atoms with Gasteiger partial charge in [0.2, 0.25) is 0 Å². The molecule has 3 aromatic rings. The van der Waals surface area contributed by atoms with E-state index in [0.717, 1.165) is 0 Å². The number of carbonyl (C=O) groups is 1. The van der Waals surface area contributed by atoms with Crippen LogP contribution in [0.5, 0.6) is 5.75 Å². The molecule has 0 saturated carbocycles. The van der Waals surface area contributed by atoms with Crippen molar-refractivity contribution in [3.63, 3.8) is 0 Å². The van der Waals surface area contributed by atoms with Gasteiger partial charge in [0.25, 0.3) is 11.6 Å². The molecule has 0 radical (unpaired) electrons. The van der Waals surface area contributed by atoms with Crippen molar-refractivity contribution in [3.05, 3.63) is 69.8 Å². The minimum absolute atomic E-state index is 0.0996. The molecule has 26 heavy (non-hydrogen) atoms. The first-order valence-corrected chi connectivity index (χ1v) is 7.65. The van der Waals surface area contributed by atoms with Gasteiger partial charge in [-0.25, -0.2) is 9.67 Å². The Morgan fingerprint density at radius 3 is 2.77 bits per heavy atom. The second kappa shape index (κ2) is 7.19. The summed E-state index contributed by atoms with van der Waals surface area (Å²) >= 11 is 5.94. The maximum Gasteiger partial charge on any atom is 0.295 e. The van der Waals surface area contributed by atoms with E-state index in [1.807, 2.05) is 0 Å². The molecule has 0 unspecified atom stereocenters. The van der Waals surface area contributed by atoms with Gasteiger partial charge in [-0.2, -0.15) is 5.10 Å². The summed E-state index contributed by atoms with van der Waals surface area (Å²) < 4.78 is 6.42. The Labute approximate surface area is 152 Å². The van der Waals surface area contributed by atoms with Gasteiger partial charge in [-0.05, 0) is 30.3 Å². The minimum atomic E-state index is -0.590. The summed E-state index contributed by atoms with van der Waals surface area (Å²) in [6.07, 6.45) is 2.59. The van der Waals surface area contributed by atoms with Crippen LogP contribution in [0, 0.1) is 10.1 Å². The quantitative estimate of drug-likeness (QED) is 0.543. The predicted molar refractivity (Wildman–Crippen MR) is 94.0 cm³/mol. The summed E-state index contributed by atoms with van der Waals surface area (Å²) in [6, 6.07) is 8.80. The lowest BCUT2D eigenvalue weighted by atomic mass is 10.1. The lowest BCUT2D eigenvalue weighted by molar-refractivity contribution is -0.384. The van der Waals surface area contributed by atoms with Crippen LogP contribution in [0.1, 0.15) is 10.4 Å². The Kier molecular flexibility index (Phi) is 4.81. The second-order valence-electron chi connectivity index (χ2n) is 5.10. The van der Waals surface area contributed by atoms with Gasteiger partial charge in [-0.3, -0.25) is 14.9 Å². The van der Waals surface area contributed by atoms with E-state index in [1.165, 1.54) is 48.7 Å². The molecule has 0 aliphatic rings. The first-order valence-electron chi connectivity index (χ1n) is 7.28. The van der Waals surface area contributed by atoms with E-state index < -0.39 is 10.8 Å². The van der Waals surface area contributed by atoms with E-state index in [1.54, 1.807) is 12.1 Å². The average molecular weight is 374 g/mol. The number of anilines is 1. The van der Waals surface area contributed by atoms with E-state index in [-0.39, 0.29) is 16.9 Å². The zero-order chi connectivity index (χ0) is 18.7. The van der Waals surface area contributed by atoms with Crippen molar-refractivity contribution in [2.45, 2.75) is 0 Å². The van der Waals surface area contributed by atoms with Crippen LogP contribution in [-0.2, 0) is 0 Å². The van der Waals surface area contributed by atoms with Gasteiger partial charge in [-0.15, -0.1) is 0 Å². The van der Waals surface area contributed by atoms with E-state index in [0.29, 0.717) is 16.5 Å². The predicted octanol–water partition coefficient (Wildman–Crippen LogP) is 3.09. The van der Waals surface area contributed by atoms with Crippen molar-refractivity contribution in [2.24, 2.45) is 0 Å². The zero-order valence-corrected chi connectivity index (χ0v) is 14.2. The zero-order valence-electron chi connectivity index (χ0n) is 13.4. The van der Waals surface area contributed by atoms with Crippen LogP contribution in [0.3, 0.4) is 0 Å². The van der Waals surface area contributed by atoms with Crippen molar-refractivity contribution in [2.75, 3.05) is 12.4 Å². The van der Waals surface area contributed by atoms with Gasteiger partial charge in [0, 0.05) is 16.7 Å². The molecule has 0 saturated heterocycles. The Hall–Kier alpha value is -3.46. The number of hydrogen-bond acceptors (Lipinski definition) is 6. The third-order valence-corrected chi connectivity index (χ3v) is 3.74. The number of amides is 1. The number of carbonyl (C=O) groups excluding carboxylic acids is 1. The van der Waals surface area contributed by atoms with Crippen LogP contribution in [0.25, 0.3) is 5.69 Å². The monoisotopic (exact) mass is 373 g/mol. The number of rotatable bonds is 5. The van der Waals surface area contributed by atoms with Gasteiger partial charge in [0.05, 0.1) is 17.7 Å². The van der Waals surface area contributed by atoms with Crippen LogP contribution in [0.2, 0.25) is 5.02 Å². The molecule has 10 heteroatoms. The fraction of sp³-hybridized carbons (Fsp3) is 0.0625. The number of methoxy groups -OCH3 is 1. The average Bonchev–Trinajstić information content (AvgIpc) is 3.16. The number of hydrogen-bond donors (Lipinski definition) is 1. The summed E-state index contributed by atoms with van der Waals surface area (Å²) in [7, 11) is 1.46. The van der Waals surface area contributed by atoms with E-state index in [4.69, 9.17) is 16.3 Å². The van der Waals surface area contributed by atoms with E-state index in [2.05, 4.69) is 15.4 Å². The van der Waals surface area contributed by atoms with Crippen molar-refractivity contribution in [1.82, 2.24) is 14.8 Å². The first kappa shape index (κ1) is 17.4. The molecule has 1 amide bonds. The smallest absolute Gasteiger partial charge is 0.295 e. The SMILES string of the molecule is COc1ccc(Cl)cc1NC(=O)c1ccc(-n2cncn2)c([N+](=O)[O-])c1. The van der Waals surface area contributed by atoms with Crippen LogP contribution in [0.4, 0.5) is 11.4 Å². The Morgan fingerprint density at radius 2 is 2.12 bits per heavy atom. The standard InChI is InChI=1S/C16H12ClN5O4/c1-26-15-5-3-11(17)7-12(15)20-16(23)10-2-4-13(14(6-10)22(24)25)21-9-18-8-19-21/h2-9H,1H3,(H,20,23). The highest BCUT2D eigenvalue weighted by Crippen LogP contribution is 2.29. The molecular formula is C16H12ClN5O4. The lowest BCUT2D eigenvalue weighted by Gasteiger charge is -2.11. The molecule has 0 bridgehead atoms. The van der Waals surface area contributed by atoms with Gasteiger partial charge in [0.15, 0.2) is 0 Å².